The average Bonchev–Trinajstić information content (AvgIpc) is 3.09. The maximum absolute atomic E-state index is 12.6. The second kappa shape index (κ2) is 18.9. The molecule has 0 N–H and O–H groups in total. The maximum atomic E-state index is 12.6. The molecule has 0 bridgehead atoms. The first kappa shape index (κ1) is 34.1. The van der Waals surface area contributed by atoms with Crippen LogP contribution in [0.5, 0.6) is 0 Å². The van der Waals surface area contributed by atoms with Crippen molar-refractivity contribution in [3.63, 3.8) is 0 Å². The van der Waals surface area contributed by atoms with E-state index in [-0.39, 0.29) is 5.71 Å². The Hall–Kier alpha value is -3.75. The van der Waals surface area contributed by atoms with Gasteiger partial charge in [-0.15, -0.1) is 0 Å². The van der Waals surface area contributed by atoms with Crippen LogP contribution in [0.25, 0.3) is 0 Å². The minimum absolute atomic E-state index is 0.225. The summed E-state index contributed by atoms with van der Waals surface area (Å²) in [6, 6.07) is 41.3. The lowest BCUT2D eigenvalue weighted by molar-refractivity contribution is -0.135. The number of esters is 1. The van der Waals surface area contributed by atoms with Gasteiger partial charge in [0.25, 0.3) is 0 Å². The highest BCUT2D eigenvalue weighted by Gasteiger charge is 2.44. The highest BCUT2D eigenvalue weighted by atomic mass is 31.2. The van der Waals surface area contributed by atoms with Crippen molar-refractivity contribution >= 4 is 34.9 Å². The molecule has 5 heteroatoms. The number of carbonyl (C=O) groups excluding carboxylic acids is 1. The minimum Gasteiger partial charge on any atom is -0.461 e. The quantitative estimate of drug-likeness (QED) is 0.0345. The van der Waals surface area contributed by atoms with Gasteiger partial charge in [0, 0.05) is 5.56 Å². The third-order valence-corrected chi connectivity index (χ3v) is 13.0. The molecule has 0 aromatic heterocycles. The lowest BCUT2D eigenvalue weighted by atomic mass is 10.0. The number of oxime groups is 1. The lowest BCUT2D eigenvalue weighted by Crippen LogP contribution is -2.33. The summed E-state index contributed by atoms with van der Waals surface area (Å²) in [5, 5.41) is 8.36. The molecule has 0 radical (unpaired) electrons. The Labute approximate surface area is 271 Å². The van der Waals surface area contributed by atoms with Crippen LogP contribution in [0.2, 0.25) is 0 Å². The molecule has 4 rings (SSSR count). The summed E-state index contributed by atoms with van der Waals surface area (Å²) in [6.07, 6.45) is 13.2. The van der Waals surface area contributed by atoms with Gasteiger partial charge in [-0.3, -0.25) is 0 Å². The molecule has 0 amide bonds. The van der Waals surface area contributed by atoms with E-state index < -0.39 is 13.2 Å². The van der Waals surface area contributed by atoms with E-state index in [1.54, 1.807) is 0 Å². The molecular weight excluding hydrogens is 573 g/mol. The van der Waals surface area contributed by atoms with E-state index in [9.17, 15) is 4.79 Å². The molecule has 0 atom stereocenters. The second-order valence-electron chi connectivity index (χ2n) is 11.6. The Morgan fingerprint density at radius 1 is 0.578 bits per heavy atom. The fourth-order valence-corrected chi connectivity index (χ4v) is 10.5. The smallest absolute Gasteiger partial charge is 0.361 e. The van der Waals surface area contributed by atoms with Gasteiger partial charge < -0.3 is 9.57 Å². The van der Waals surface area contributed by atoms with Crippen molar-refractivity contribution in [1.29, 1.82) is 0 Å². The van der Waals surface area contributed by atoms with Crippen molar-refractivity contribution < 1.29 is 14.4 Å². The lowest BCUT2D eigenvalue weighted by Gasteiger charge is -2.27. The second-order valence-corrected chi connectivity index (χ2v) is 15.3. The number of hydrogen-bond acceptors (Lipinski definition) is 4. The van der Waals surface area contributed by atoms with E-state index in [1.807, 2.05) is 31.2 Å². The van der Waals surface area contributed by atoms with Crippen LogP contribution in [0, 0.1) is 6.92 Å². The molecule has 0 aliphatic carbocycles. The van der Waals surface area contributed by atoms with Crippen LogP contribution in [-0.4, -0.2) is 31.6 Å². The van der Waals surface area contributed by atoms with Crippen LogP contribution in [-0.2, 0) is 14.4 Å². The standard InChI is InChI=1S/C40H49NO3P/c1-34-24-20-21-31-38(34)39(41-43-2)40(42)44-32-22-9-7-5-3-4-6-8-10-23-33-45(35-25-14-11-15-26-35,36-27-16-12-17-28-36)37-29-18-13-19-30-37/h11-21,24-31H,3-10,22-23,32-33H2,1-2H3/q+1/b41-39-. The Balaban J connectivity index is 1.14. The monoisotopic (exact) mass is 622 g/mol. The van der Waals surface area contributed by atoms with Gasteiger partial charge in [-0.25, -0.2) is 4.79 Å². The number of hydrogen-bond donors (Lipinski definition) is 0. The van der Waals surface area contributed by atoms with Gasteiger partial charge in [0.05, 0.1) is 12.8 Å². The number of rotatable bonds is 19. The molecule has 4 aromatic carbocycles. The Morgan fingerprint density at radius 3 is 1.47 bits per heavy atom. The van der Waals surface area contributed by atoms with Gasteiger partial charge in [-0.05, 0) is 68.1 Å². The first-order valence-corrected chi connectivity index (χ1v) is 18.5. The van der Waals surface area contributed by atoms with E-state index in [1.165, 1.54) is 80.6 Å². The van der Waals surface area contributed by atoms with E-state index in [2.05, 4.69) is 96.2 Å². The highest BCUT2D eigenvalue weighted by Crippen LogP contribution is 2.56. The summed E-state index contributed by atoms with van der Waals surface area (Å²) in [5.74, 6) is -0.429. The summed E-state index contributed by atoms with van der Waals surface area (Å²) in [7, 11) is -0.265. The number of nitrogens with zero attached hydrogens (tertiary/aromatic N) is 1. The van der Waals surface area contributed by atoms with Crippen molar-refractivity contribution in [1.82, 2.24) is 0 Å². The largest absolute Gasteiger partial charge is 0.461 e. The van der Waals surface area contributed by atoms with E-state index >= 15 is 0 Å². The molecule has 0 unspecified atom stereocenters. The fourth-order valence-electron chi connectivity index (χ4n) is 6.11. The van der Waals surface area contributed by atoms with Crippen molar-refractivity contribution in [3.05, 3.63) is 126 Å². The molecule has 0 heterocycles. The van der Waals surface area contributed by atoms with Crippen molar-refractivity contribution in [2.24, 2.45) is 5.16 Å². The van der Waals surface area contributed by atoms with Crippen LogP contribution >= 0.6 is 7.26 Å². The maximum Gasteiger partial charge on any atom is 0.361 e. The van der Waals surface area contributed by atoms with E-state index in [0.717, 1.165) is 24.0 Å². The summed E-state index contributed by atoms with van der Waals surface area (Å²) in [4.78, 5) is 17.5. The number of aryl methyl sites for hydroxylation is 1. The minimum atomic E-state index is -1.71. The topological polar surface area (TPSA) is 47.9 Å². The van der Waals surface area contributed by atoms with Crippen LogP contribution in [0.1, 0.15) is 75.3 Å². The molecule has 4 nitrogen and oxygen atoms in total. The zero-order chi connectivity index (χ0) is 31.6. The molecule has 4 aromatic rings. The zero-order valence-electron chi connectivity index (χ0n) is 27.1. The predicted octanol–water partition coefficient (Wildman–Crippen LogP) is 8.78. The van der Waals surface area contributed by atoms with Gasteiger partial charge in [0.2, 0.25) is 0 Å². The zero-order valence-corrected chi connectivity index (χ0v) is 28.0. The molecule has 0 saturated heterocycles. The first-order valence-electron chi connectivity index (χ1n) is 16.6. The van der Waals surface area contributed by atoms with Crippen LogP contribution in [0.4, 0.5) is 0 Å². The van der Waals surface area contributed by atoms with E-state index in [4.69, 9.17) is 9.57 Å². The highest BCUT2D eigenvalue weighted by molar-refractivity contribution is 7.95. The summed E-state index contributed by atoms with van der Waals surface area (Å²) >= 11 is 0. The number of benzene rings is 4. The summed E-state index contributed by atoms with van der Waals surface area (Å²) in [5.41, 5.74) is 1.93. The van der Waals surface area contributed by atoms with Crippen molar-refractivity contribution in [2.75, 3.05) is 19.9 Å². The molecular formula is C40H49NO3P+. The third-order valence-electron chi connectivity index (χ3n) is 8.49. The normalized spacial score (nSPS) is 11.7. The van der Waals surface area contributed by atoms with Gasteiger partial charge in [0.15, 0.2) is 5.71 Å². The van der Waals surface area contributed by atoms with Crippen LogP contribution in [0.3, 0.4) is 0 Å². The third kappa shape index (κ3) is 9.87. The van der Waals surface area contributed by atoms with Crippen molar-refractivity contribution in [3.8, 4) is 0 Å². The molecule has 0 spiro atoms. The predicted molar refractivity (Wildman–Crippen MR) is 192 cm³/mol. The molecule has 0 fully saturated rings. The number of ether oxygens (including phenoxy) is 1. The molecule has 45 heavy (non-hydrogen) atoms. The van der Waals surface area contributed by atoms with Gasteiger partial charge in [-0.2, -0.15) is 0 Å². The fraction of sp³-hybridized carbons (Fsp3) is 0.350. The first-order chi connectivity index (χ1) is 22.2. The van der Waals surface area contributed by atoms with Crippen LogP contribution in [0.15, 0.2) is 120 Å². The van der Waals surface area contributed by atoms with Crippen molar-refractivity contribution in [2.45, 2.75) is 71.1 Å². The van der Waals surface area contributed by atoms with Gasteiger partial charge in [0.1, 0.15) is 30.3 Å². The molecule has 0 aliphatic rings. The van der Waals surface area contributed by atoms with Gasteiger partial charge >= 0.3 is 5.97 Å². The van der Waals surface area contributed by atoms with Gasteiger partial charge in [-0.1, -0.05) is 129 Å². The Morgan fingerprint density at radius 2 is 1.00 bits per heavy atom. The Kier molecular flexibility index (Phi) is 14.3. The molecule has 0 aliphatic heterocycles. The number of carbonyl (C=O) groups is 1. The molecule has 0 saturated carbocycles. The molecule has 236 valence electrons. The van der Waals surface area contributed by atoms with Crippen LogP contribution < -0.4 is 15.9 Å². The SMILES string of the molecule is CO/N=C(\C(=O)OCCCCCCCCCCCC[P+](c1ccccc1)(c1ccccc1)c1ccccc1)c1ccccc1C. The average molecular weight is 623 g/mol. The number of unbranched alkanes of at least 4 members (excludes halogenated alkanes) is 9. The van der Waals surface area contributed by atoms with E-state index in [0.29, 0.717) is 6.61 Å². The Bertz CT molecular complexity index is 1340. The summed E-state index contributed by atoms with van der Waals surface area (Å²) in [6.45, 7) is 2.36. The summed E-state index contributed by atoms with van der Waals surface area (Å²) < 4.78 is 5.51.